The topological polar surface area (TPSA) is 77.0 Å². The Morgan fingerprint density at radius 1 is 1.44 bits per heavy atom. The van der Waals surface area contributed by atoms with Gasteiger partial charge in [0.2, 0.25) is 0 Å². The number of carbonyl (C=O) groups excluding carboxylic acids is 1. The monoisotopic (exact) mass is 255 g/mol. The minimum Gasteiger partial charge on any atom is -0.467 e. The lowest BCUT2D eigenvalue weighted by Crippen LogP contribution is -2.47. The Morgan fingerprint density at radius 3 is 2.72 bits per heavy atom. The lowest BCUT2D eigenvalue weighted by Gasteiger charge is -2.27. The number of ether oxygens (including phenoxy) is 1. The van der Waals surface area contributed by atoms with Crippen LogP contribution in [0.4, 0.5) is 8.78 Å². The number of benzene rings is 1. The van der Waals surface area contributed by atoms with Crippen LogP contribution in [0.2, 0.25) is 0 Å². The molecule has 2 N–H and O–H groups in total. The second-order valence-electron chi connectivity index (χ2n) is 3.96. The normalized spacial score (nSPS) is 25.1. The Bertz CT molecular complexity index is 519. The van der Waals surface area contributed by atoms with E-state index in [1.165, 1.54) is 12.1 Å². The van der Waals surface area contributed by atoms with E-state index in [0.29, 0.717) is 5.56 Å². The largest absolute Gasteiger partial charge is 0.467 e. The van der Waals surface area contributed by atoms with Gasteiger partial charge in [-0.05, 0) is 5.56 Å². The van der Waals surface area contributed by atoms with Crippen molar-refractivity contribution in [3.05, 3.63) is 35.4 Å². The van der Waals surface area contributed by atoms with Gasteiger partial charge >= 0.3 is 5.97 Å². The minimum absolute atomic E-state index is 0.0797. The third kappa shape index (κ3) is 1.40. The quantitative estimate of drug-likeness (QED) is 0.377. The highest BCUT2D eigenvalue weighted by Crippen LogP contribution is 2.51. The van der Waals surface area contributed by atoms with E-state index in [-0.39, 0.29) is 5.56 Å². The van der Waals surface area contributed by atoms with Gasteiger partial charge in [0.05, 0.1) is 7.11 Å². The first-order valence-corrected chi connectivity index (χ1v) is 5.16. The van der Waals surface area contributed by atoms with Crippen molar-refractivity contribution in [1.29, 1.82) is 0 Å². The van der Waals surface area contributed by atoms with Crippen LogP contribution in [0.25, 0.3) is 0 Å². The van der Waals surface area contributed by atoms with Crippen molar-refractivity contribution in [2.45, 2.75) is 17.9 Å². The summed E-state index contributed by atoms with van der Waals surface area (Å²) in [6.07, 6.45) is -0.600. The van der Waals surface area contributed by atoms with E-state index in [2.05, 4.69) is 15.1 Å². The number of nitrogens with zero attached hydrogens (tertiary/aromatic N) is 2. The summed E-state index contributed by atoms with van der Waals surface area (Å²) in [5, 5.41) is 6.20. The Balaban J connectivity index is 2.73. The van der Waals surface area contributed by atoms with Crippen molar-refractivity contribution >= 4 is 5.97 Å². The maximum atomic E-state index is 14.2. The molecule has 5 nitrogen and oxygen atoms in total. The predicted molar refractivity (Wildman–Crippen MR) is 57.8 cm³/mol. The standard InChI is InChI=1S/C11H11F2N3O2/c1-18-9(17)11(15-16-14)8-5-3-2-4-7(8)6-10(11,12)13/h2-5H,6H2,1H3,(H2,14,15). The van der Waals surface area contributed by atoms with E-state index in [1.54, 1.807) is 12.1 Å². The number of rotatable bonds is 2. The molecule has 0 bridgehead atoms. The molecule has 0 heterocycles. The highest BCUT2D eigenvalue weighted by Gasteiger charge is 2.67. The molecule has 1 aliphatic carbocycles. The van der Waals surface area contributed by atoms with Crippen molar-refractivity contribution in [1.82, 2.24) is 0 Å². The van der Waals surface area contributed by atoms with Crippen molar-refractivity contribution in [3.8, 4) is 0 Å². The van der Waals surface area contributed by atoms with Crippen LogP contribution in [0.15, 0.2) is 34.6 Å². The number of hydrogen-bond donors (Lipinski definition) is 1. The molecule has 0 aliphatic heterocycles. The first-order valence-electron chi connectivity index (χ1n) is 5.16. The van der Waals surface area contributed by atoms with Gasteiger partial charge in [-0.25, -0.2) is 13.6 Å². The van der Waals surface area contributed by atoms with Gasteiger partial charge in [0.15, 0.2) is 0 Å². The fourth-order valence-electron chi connectivity index (χ4n) is 2.25. The summed E-state index contributed by atoms with van der Waals surface area (Å²) >= 11 is 0. The molecule has 0 fully saturated rings. The zero-order valence-electron chi connectivity index (χ0n) is 9.56. The van der Waals surface area contributed by atoms with E-state index in [4.69, 9.17) is 5.84 Å². The number of alkyl halides is 2. The van der Waals surface area contributed by atoms with E-state index in [9.17, 15) is 13.6 Å². The number of carbonyl (C=O) groups is 1. The minimum atomic E-state index is -3.42. The average Bonchev–Trinajstić information content (AvgIpc) is 2.57. The number of fused-ring (bicyclic) bond motifs is 1. The molecule has 1 aromatic rings. The van der Waals surface area contributed by atoms with Gasteiger partial charge in [-0.15, -0.1) is 5.11 Å². The van der Waals surface area contributed by atoms with Crippen LogP contribution in [0, 0.1) is 0 Å². The van der Waals surface area contributed by atoms with E-state index >= 15 is 0 Å². The molecule has 0 amide bonds. The smallest absolute Gasteiger partial charge is 0.346 e. The molecule has 0 saturated heterocycles. The zero-order valence-corrected chi connectivity index (χ0v) is 9.56. The van der Waals surface area contributed by atoms with Gasteiger partial charge < -0.3 is 10.6 Å². The summed E-state index contributed by atoms with van der Waals surface area (Å²) < 4.78 is 32.8. The SMILES string of the molecule is COC(=O)C1(N=NN)c2ccccc2CC1(F)F. The number of methoxy groups -OCH3 is 1. The predicted octanol–water partition coefficient (Wildman–Crippen LogP) is 1.57. The van der Waals surface area contributed by atoms with Gasteiger partial charge in [-0.2, -0.15) is 0 Å². The molecule has 0 aromatic heterocycles. The van der Waals surface area contributed by atoms with Crippen LogP contribution in [0.3, 0.4) is 0 Å². The molecular formula is C11H11F2N3O2. The maximum absolute atomic E-state index is 14.2. The van der Waals surface area contributed by atoms with Crippen molar-refractivity contribution in [2.75, 3.05) is 7.11 Å². The summed E-state index contributed by atoms with van der Waals surface area (Å²) in [5.74, 6) is 0.283. The summed E-state index contributed by atoms with van der Waals surface area (Å²) in [4.78, 5) is 11.8. The Kier molecular flexibility index (Phi) is 2.76. The van der Waals surface area contributed by atoms with E-state index in [1.807, 2.05) is 0 Å². The first kappa shape index (κ1) is 12.4. The van der Waals surface area contributed by atoms with Gasteiger partial charge in [-0.3, -0.25) is 0 Å². The molecule has 1 aromatic carbocycles. The number of halogens is 2. The van der Waals surface area contributed by atoms with Crippen LogP contribution < -0.4 is 5.84 Å². The fraction of sp³-hybridized carbons (Fsp3) is 0.364. The van der Waals surface area contributed by atoms with Crippen molar-refractivity contribution in [3.63, 3.8) is 0 Å². The summed E-state index contributed by atoms with van der Waals surface area (Å²) in [5.41, 5.74) is -2.07. The molecule has 0 radical (unpaired) electrons. The molecule has 7 heteroatoms. The summed E-state index contributed by atoms with van der Waals surface area (Å²) in [6, 6.07) is 6.08. The number of nitrogens with two attached hydrogens (primary N) is 1. The van der Waals surface area contributed by atoms with Crippen LogP contribution >= 0.6 is 0 Å². The molecule has 1 unspecified atom stereocenters. The van der Waals surface area contributed by atoms with Crippen LogP contribution in [0.1, 0.15) is 11.1 Å². The van der Waals surface area contributed by atoms with E-state index in [0.717, 1.165) is 7.11 Å². The lowest BCUT2D eigenvalue weighted by atomic mass is 9.90. The molecule has 1 atom stereocenters. The lowest BCUT2D eigenvalue weighted by molar-refractivity contribution is -0.164. The fourth-order valence-corrected chi connectivity index (χ4v) is 2.25. The van der Waals surface area contributed by atoms with Crippen LogP contribution in [-0.2, 0) is 21.5 Å². The maximum Gasteiger partial charge on any atom is 0.346 e. The molecule has 0 saturated carbocycles. The average molecular weight is 255 g/mol. The van der Waals surface area contributed by atoms with Gasteiger partial charge in [0.1, 0.15) is 0 Å². The van der Waals surface area contributed by atoms with Crippen molar-refractivity contribution < 1.29 is 18.3 Å². The summed E-state index contributed by atoms with van der Waals surface area (Å²) in [6.45, 7) is 0. The molecule has 1 aliphatic rings. The third-order valence-electron chi connectivity index (χ3n) is 3.04. The molecule has 0 spiro atoms. The van der Waals surface area contributed by atoms with Crippen LogP contribution in [0.5, 0.6) is 0 Å². The Hall–Kier alpha value is -2.05. The van der Waals surface area contributed by atoms with Crippen molar-refractivity contribution in [2.24, 2.45) is 16.2 Å². The highest BCUT2D eigenvalue weighted by molar-refractivity contribution is 5.86. The molecule has 96 valence electrons. The zero-order chi connectivity index (χ0) is 13.4. The Labute approximate surface area is 102 Å². The first-order chi connectivity index (χ1) is 8.49. The summed E-state index contributed by atoms with van der Waals surface area (Å²) in [7, 11) is 1.02. The molecular weight excluding hydrogens is 244 g/mol. The number of hydrogen-bond acceptors (Lipinski definition) is 4. The Morgan fingerprint density at radius 2 is 2.11 bits per heavy atom. The van der Waals surface area contributed by atoms with Gasteiger partial charge in [-0.1, -0.05) is 29.5 Å². The number of esters is 1. The van der Waals surface area contributed by atoms with Crippen LogP contribution in [-0.4, -0.2) is 19.0 Å². The van der Waals surface area contributed by atoms with Gasteiger partial charge in [0.25, 0.3) is 11.5 Å². The second-order valence-corrected chi connectivity index (χ2v) is 3.96. The van der Waals surface area contributed by atoms with Gasteiger partial charge in [0, 0.05) is 12.0 Å². The second kappa shape index (κ2) is 4.01. The third-order valence-corrected chi connectivity index (χ3v) is 3.04. The molecule has 2 rings (SSSR count). The highest BCUT2D eigenvalue weighted by atomic mass is 19.3. The van der Waals surface area contributed by atoms with E-state index < -0.39 is 23.9 Å². The molecule has 18 heavy (non-hydrogen) atoms.